The standard InChI is InChI=1S/C21H21N3OS/c25-13-10-18-14-19-20(26-18)9-12-24(17-7-2-1-3-8-17)21(19)23-15-16-6-4-5-11-22-16/h1-9,11-12,14,21,23,25H,10,13,15H2. The molecule has 4 rings (SSSR count). The number of aliphatic hydroxyl groups is 1. The van der Waals surface area contributed by atoms with Crippen molar-refractivity contribution in [2.75, 3.05) is 11.5 Å². The fraction of sp³-hybridized carbons (Fsp3) is 0.190. The van der Waals surface area contributed by atoms with Crippen LogP contribution in [0.4, 0.5) is 5.69 Å². The zero-order chi connectivity index (χ0) is 17.8. The van der Waals surface area contributed by atoms with Crippen molar-refractivity contribution >= 4 is 23.1 Å². The first-order chi connectivity index (χ1) is 12.8. The van der Waals surface area contributed by atoms with Gasteiger partial charge in [0.2, 0.25) is 0 Å². The summed E-state index contributed by atoms with van der Waals surface area (Å²) in [5, 5.41) is 12.9. The Balaban J connectivity index is 1.65. The SMILES string of the molecule is OCCc1cc2c(s1)C=CN(c1ccccc1)C2NCc1ccccn1. The first-order valence-electron chi connectivity index (χ1n) is 8.73. The van der Waals surface area contributed by atoms with Crippen LogP contribution in [-0.2, 0) is 13.0 Å². The lowest BCUT2D eigenvalue weighted by molar-refractivity contribution is 0.300. The lowest BCUT2D eigenvalue weighted by Gasteiger charge is -2.34. The van der Waals surface area contributed by atoms with Gasteiger partial charge in [-0.25, -0.2) is 0 Å². The summed E-state index contributed by atoms with van der Waals surface area (Å²) in [7, 11) is 0. The molecule has 1 aliphatic rings. The van der Waals surface area contributed by atoms with E-state index in [4.69, 9.17) is 0 Å². The van der Waals surface area contributed by atoms with Crippen LogP contribution in [0.1, 0.15) is 27.2 Å². The van der Waals surface area contributed by atoms with Gasteiger partial charge in [0.05, 0.1) is 5.69 Å². The van der Waals surface area contributed by atoms with Gasteiger partial charge >= 0.3 is 0 Å². The van der Waals surface area contributed by atoms with Gasteiger partial charge in [0.15, 0.2) is 0 Å². The maximum Gasteiger partial charge on any atom is 0.112 e. The molecule has 0 spiro atoms. The number of anilines is 1. The third kappa shape index (κ3) is 3.55. The summed E-state index contributed by atoms with van der Waals surface area (Å²) in [6.45, 7) is 0.866. The molecular weight excluding hydrogens is 342 g/mol. The molecule has 0 aliphatic carbocycles. The number of nitrogens with zero attached hydrogens (tertiary/aromatic N) is 2. The van der Waals surface area contributed by atoms with Crippen molar-refractivity contribution in [1.82, 2.24) is 10.3 Å². The van der Waals surface area contributed by atoms with Crippen molar-refractivity contribution in [3.8, 4) is 0 Å². The van der Waals surface area contributed by atoms with E-state index in [0.29, 0.717) is 13.0 Å². The Morgan fingerprint density at radius 2 is 1.96 bits per heavy atom. The molecule has 0 saturated heterocycles. The van der Waals surface area contributed by atoms with Crippen LogP contribution in [0, 0.1) is 0 Å². The molecule has 2 aromatic heterocycles. The second-order valence-corrected chi connectivity index (χ2v) is 7.34. The summed E-state index contributed by atoms with van der Waals surface area (Å²) >= 11 is 1.75. The van der Waals surface area contributed by atoms with E-state index in [-0.39, 0.29) is 12.8 Å². The lowest BCUT2D eigenvalue weighted by atomic mass is 10.1. The quantitative estimate of drug-likeness (QED) is 0.696. The predicted octanol–water partition coefficient (Wildman–Crippen LogP) is 3.96. The van der Waals surface area contributed by atoms with Crippen molar-refractivity contribution in [3.63, 3.8) is 0 Å². The highest BCUT2D eigenvalue weighted by atomic mass is 32.1. The van der Waals surface area contributed by atoms with Crippen molar-refractivity contribution in [3.05, 3.63) is 88.0 Å². The number of para-hydroxylation sites is 1. The molecule has 1 aromatic carbocycles. The molecule has 26 heavy (non-hydrogen) atoms. The number of hydrogen-bond donors (Lipinski definition) is 2. The zero-order valence-corrected chi connectivity index (χ0v) is 15.2. The zero-order valence-electron chi connectivity index (χ0n) is 14.4. The minimum absolute atomic E-state index is 0.0306. The molecular formula is C21H21N3OS. The summed E-state index contributed by atoms with van der Waals surface area (Å²) < 4.78 is 0. The average molecular weight is 363 g/mol. The highest BCUT2D eigenvalue weighted by Crippen LogP contribution is 2.37. The van der Waals surface area contributed by atoms with Gasteiger partial charge in [-0.1, -0.05) is 24.3 Å². The minimum Gasteiger partial charge on any atom is -0.396 e. The van der Waals surface area contributed by atoms with Crippen LogP contribution in [0.15, 0.2) is 67.0 Å². The number of fused-ring (bicyclic) bond motifs is 1. The number of rotatable bonds is 6. The Hall–Kier alpha value is -2.47. The van der Waals surface area contributed by atoms with Crippen LogP contribution in [-0.4, -0.2) is 16.7 Å². The second-order valence-electron chi connectivity index (χ2n) is 6.17. The number of aromatic nitrogens is 1. The molecule has 0 radical (unpaired) electrons. The van der Waals surface area contributed by atoms with E-state index in [1.807, 2.05) is 30.5 Å². The van der Waals surface area contributed by atoms with E-state index in [2.05, 4.69) is 57.8 Å². The van der Waals surface area contributed by atoms with Crippen LogP contribution < -0.4 is 10.2 Å². The van der Waals surface area contributed by atoms with E-state index in [9.17, 15) is 5.11 Å². The molecule has 0 fully saturated rings. The Morgan fingerprint density at radius 3 is 2.73 bits per heavy atom. The topological polar surface area (TPSA) is 48.4 Å². The molecule has 132 valence electrons. The molecule has 0 amide bonds. The fourth-order valence-corrected chi connectivity index (χ4v) is 4.26. The van der Waals surface area contributed by atoms with Gasteiger partial charge in [0, 0.05) is 53.0 Å². The Kier molecular flexibility index (Phi) is 5.11. The van der Waals surface area contributed by atoms with E-state index >= 15 is 0 Å². The maximum atomic E-state index is 9.28. The van der Waals surface area contributed by atoms with Gasteiger partial charge < -0.3 is 10.0 Å². The van der Waals surface area contributed by atoms with Crippen LogP contribution in [0.25, 0.3) is 6.08 Å². The Bertz CT molecular complexity index is 877. The molecule has 0 saturated carbocycles. The van der Waals surface area contributed by atoms with Gasteiger partial charge in [-0.05, 0) is 36.4 Å². The predicted molar refractivity (Wildman–Crippen MR) is 107 cm³/mol. The summed E-state index contributed by atoms with van der Waals surface area (Å²) in [4.78, 5) is 9.13. The fourth-order valence-electron chi connectivity index (χ4n) is 3.18. The highest BCUT2D eigenvalue weighted by Gasteiger charge is 2.26. The highest BCUT2D eigenvalue weighted by molar-refractivity contribution is 7.13. The number of benzene rings is 1. The summed E-state index contributed by atoms with van der Waals surface area (Å²) in [6.07, 6.45) is 6.84. The number of pyridine rings is 1. The van der Waals surface area contributed by atoms with Crippen molar-refractivity contribution in [1.29, 1.82) is 0 Å². The Morgan fingerprint density at radius 1 is 1.12 bits per heavy atom. The number of aliphatic hydroxyl groups excluding tert-OH is 1. The maximum absolute atomic E-state index is 9.28. The molecule has 3 heterocycles. The summed E-state index contributed by atoms with van der Waals surface area (Å²) in [5.74, 6) is 0. The lowest BCUT2D eigenvalue weighted by Crippen LogP contribution is -2.36. The minimum atomic E-state index is 0.0306. The van der Waals surface area contributed by atoms with Crippen LogP contribution in [0.3, 0.4) is 0 Å². The van der Waals surface area contributed by atoms with E-state index in [1.54, 1.807) is 11.3 Å². The molecule has 4 nitrogen and oxygen atoms in total. The number of thiophene rings is 1. The summed E-state index contributed by atoms with van der Waals surface area (Å²) in [6, 6.07) is 18.6. The Labute approximate surface area is 157 Å². The summed E-state index contributed by atoms with van der Waals surface area (Å²) in [5.41, 5.74) is 3.41. The van der Waals surface area contributed by atoms with Crippen LogP contribution in [0.2, 0.25) is 0 Å². The van der Waals surface area contributed by atoms with Crippen LogP contribution >= 0.6 is 11.3 Å². The molecule has 2 N–H and O–H groups in total. The second kappa shape index (κ2) is 7.83. The van der Waals surface area contributed by atoms with Gasteiger partial charge in [0.25, 0.3) is 0 Å². The van der Waals surface area contributed by atoms with E-state index < -0.39 is 0 Å². The monoisotopic (exact) mass is 363 g/mol. The van der Waals surface area contributed by atoms with Gasteiger partial charge in [-0.2, -0.15) is 0 Å². The van der Waals surface area contributed by atoms with Crippen molar-refractivity contribution in [2.45, 2.75) is 19.1 Å². The largest absolute Gasteiger partial charge is 0.396 e. The molecule has 0 bridgehead atoms. The molecule has 3 aromatic rings. The van der Waals surface area contributed by atoms with E-state index in [0.717, 1.165) is 11.4 Å². The third-order valence-corrected chi connectivity index (χ3v) is 5.59. The normalized spacial score (nSPS) is 15.9. The van der Waals surface area contributed by atoms with Gasteiger partial charge in [-0.15, -0.1) is 11.3 Å². The molecule has 5 heteroatoms. The molecule has 1 unspecified atom stereocenters. The molecule has 1 aliphatic heterocycles. The van der Waals surface area contributed by atoms with Gasteiger partial charge in [0.1, 0.15) is 6.17 Å². The smallest absolute Gasteiger partial charge is 0.112 e. The average Bonchev–Trinajstić information content (AvgIpc) is 3.11. The number of nitrogens with one attached hydrogen (secondary N) is 1. The van der Waals surface area contributed by atoms with Crippen LogP contribution in [0.5, 0.6) is 0 Å². The third-order valence-electron chi connectivity index (χ3n) is 4.42. The first-order valence-corrected chi connectivity index (χ1v) is 9.55. The molecule has 1 atom stereocenters. The van der Waals surface area contributed by atoms with Gasteiger partial charge in [-0.3, -0.25) is 10.3 Å². The van der Waals surface area contributed by atoms with Crippen molar-refractivity contribution in [2.24, 2.45) is 0 Å². The van der Waals surface area contributed by atoms with E-state index in [1.165, 1.54) is 15.3 Å². The number of hydrogen-bond acceptors (Lipinski definition) is 5. The first kappa shape index (κ1) is 17.0. The van der Waals surface area contributed by atoms with Crippen molar-refractivity contribution < 1.29 is 5.11 Å².